The maximum absolute atomic E-state index is 10.4. The number of nitriles is 1. The summed E-state index contributed by atoms with van der Waals surface area (Å²) >= 11 is 8.02. The molecule has 0 spiro atoms. The van der Waals surface area contributed by atoms with Crippen molar-refractivity contribution in [2.24, 2.45) is 0 Å². The van der Waals surface area contributed by atoms with Gasteiger partial charge in [0.05, 0.1) is 6.07 Å². The summed E-state index contributed by atoms with van der Waals surface area (Å²) in [5.74, 6) is 1.02. The van der Waals surface area contributed by atoms with E-state index in [0.717, 1.165) is 48.0 Å². The monoisotopic (exact) mass is 446 g/mol. The summed E-state index contributed by atoms with van der Waals surface area (Å²) in [6.07, 6.45) is 2.00. The van der Waals surface area contributed by atoms with E-state index in [2.05, 4.69) is 47.4 Å². The molecule has 0 bridgehead atoms. The van der Waals surface area contributed by atoms with Crippen molar-refractivity contribution in [2.75, 3.05) is 19.6 Å². The molecule has 2 nitrogen and oxygen atoms in total. The summed E-state index contributed by atoms with van der Waals surface area (Å²) in [6, 6.07) is 31.4. The lowest BCUT2D eigenvalue weighted by molar-refractivity contribution is 0.316. The highest BCUT2D eigenvalue weighted by atomic mass is 35.5. The van der Waals surface area contributed by atoms with E-state index in [9.17, 15) is 5.26 Å². The second kappa shape index (κ2) is 10.4. The average Bonchev–Trinajstić information content (AvgIpc) is 3.29. The van der Waals surface area contributed by atoms with Crippen molar-refractivity contribution in [2.45, 2.75) is 29.3 Å². The molecule has 0 aliphatic carbocycles. The minimum atomic E-state index is -0.614. The number of rotatable bonds is 8. The Labute approximate surface area is 194 Å². The maximum Gasteiger partial charge on any atom is 0.108 e. The first-order valence-electron chi connectivity index (χ1n) is 10.8. The van der Waals surface area contributed by atoms with E-state index in [1.807, 2.05) is 60.3 Å². The van der Waals surface area contributed by atoms with Gasteiger partial charge in [-0.15, -0.1) is 0 Å². The third-order valence-corrected chi connectivity index (χ3v) is 7.76. The number of nitrogens with zero attached hydrogens (tertiary/aromatic N) is 2. The minimum absolute atomic E-state index is 0.614. The van der Waals surface area contributed by atoms with Gasteiger partial charge in [0.2, 0.25) is 0 Å². The molecule has 1 aliphatic heterocycles. The molecule has 0 aromatic heterocycles. The number of hydrogen-bond acceptors (Lipinski definition) is 3. The van der Waals surface area contributed by atoms with Crippen LogP contribution in [-0.2, 0) is 11.2 Å². The lowest BCUT2D eigenvalue weighted by atomic mass is 9.73. The Morgan fingerprint density at radius 2 is 1.55 bits per heavy atom. The smallest absolute Gasteiger partial charge is 0.108 e. The number of thioether (sulfide) groups is 1. The topological polar surface area (TPSA) is 27.0 Å². The van der Waals surface area contributed by atoms with E-state index in [-0.39, 0.29) is 0 Å². The summed E-state index contributed by atoms with van der Waals surface area (Å²) in [5.41, 5.74) is 2.87. The van der Waals surface area contributed by atoms with Gasteiger partial charge in [0, 0.05) is 29.1 Å². The second-order valence-electron chi connectivity index (χ2n) is 8.15. The molecular formula is C27H27ClN2S. The molecule has 4 rings (SSSR count). The molecule has 0 N–H and O–H groups in total. The summed E-state index contributed by atoms with van der Waals surface area (Å²) in [6.45, 7) is 3.11. The van der Waals surface area contributed by atoms with Crippen LogP contribution >= 0.6 is 23.4 Å². The van der Waals surface area contributed by atoms with E-state index >= 15 is 0 Å². The molecule has 3 aromatic carbocycles. The molecular weight excluding hydrogens is 420 g/mol. The summed E-state index contributed by atoms with van der Waals surface area (Å²) < 4.78 is 0. The molecule has 1 aliphatic rings. The van der Waals surface area contributed by atoms with Gasteiger partial charge in [0.25, 0.3) is 0 Å². The Morgan fingerprint density at radius 1 is 0.935 bits per heavy atom. The summed E-state index contributed by atoms with van der Waals surface area (Å²) in [7, 11) is 0. The van der Waals surface area contributed by atoms with E-state index in [1.165, 1.54) is 12.0 Å². The highest BCUT2D eigenvalue weighted by Gasteiger charge is 2.35. The fraction of sp³-hybridized carbons (Fsp3) is 0.296. The normalized spacial score (nSPS) is 16.8. The molecule has 4 heteroatoms. The Morgan fingerprint density at radius 3 is 2.13 bits per heavy atom. The van der Waals surface area contributed by atoms with E-state index < -0.39 is 5.41 Å². The van der Waals surface area contributed by atoms with Crippen molar-refractivity contribution in [3.8, 4) is 6.07 Å². The van der Waals surface area contributed by atoms with Gasteiger partial charge < -0.3 is 4.90 Å². The highest BCUT2D eigenvalue weighted by molar-refractivity contribution is 7.99. The van der Waals surface area contributed by atoms with Gasteiger partial charge in [-0.25, -0.2) is 0 Å². The van der Waals surface area contributed by atoms with Crippen LogP contribution in [0.1, 0.15) is 29.5 Å². The Kier molecular flexibility index (Phi) is 7.35. The van der Waals surface area contributed by atoms with Crippen LogP contribution in [0.15, 0.2) is 84.9 Å². The van der Waals surface area contributed by atoms with Gasteiger partial charge in [-0.2, -0.15) is 17.0 Å². The van der Waals surface area contributed by atoms with Gasteiger partial charge in [0.1, 0.15) is 5.41 Å². The fourth-order valence-corrected chi connectivity index (χ4v) is 5.68. The lowest BCUT2D eigenvalue weighted by Gasteiger charge is -2.30. The van der Waals surface area contributed by atoms with Gasteiger partial charge >= 0.3 is 0 Å². The number of likely N-dealkylation sites (tertiary alicyclic amines) is 1. The van der Waals surface area contributed by atoms with Gasteiger partial charge in [-0.05, 0) is 48.2 Å². The van der Waals surface area contributed by atoms with Crippen LogP contribution in [0.5, 0.6) is 0 Å². The van der Waals surface area contributed by atoms with E-state index in [0.29, 0.717) is 5.25 Å². The Bertz CT molecular complexity index is 959. The molecule has 1 atom stereocenters. The highest BCUT2D eigenvalue weighted by Crippen LogP contribution is 2.36. The standard InChI is InChI=1S/C27H27ClN2S/c28-25-13-11-22(12-14-25)20-31-26-15-17-30(19-26)18-16-27(21-29,23-7-3-1-4-8-23)24-9-5-2-6-10-24/h1-14,26H,15-20H2. The molecule has 1 saturated heterocycles. The summed E-state index contributed by atoms with van der Waals surface area (Å²) in [4.78, 5) is 2.53. The maximum atomic E-state index is 10.4. The van der Waals surface area contributed by atoms with Crippen LogP contribution in [0.2, 0.25) is 5.02 Å². The molecule has 0 radical (unpaired) electrons. The number of halogens is 1. The molecule has 0 saturated carbocycles. The molecule has 158 valence electrons. The third-order valence-electron chi connectivity index (χ3n) is 6.16. The van der Waals surface area contributed by atoms with E-state index in [4.69, 9.17) is 11.6 Å². The zero-order valence-electron chi connectivity index (χ0n) is 17.6. The minimum Gasteiger partial charge on any atom is -0.302 e. The molecule has 3 aromatic rings. The SMILES string of the molecule is N#CC(CCN1CCC(SCc2ccc(Cl)cc2)C1)(c1ccccc1)c1ccccc1. The first kappa shape index (κ1) is 22.0. The summed E-state index contributed by atoms with van der Waals surface area (Å²) in [5, 5.41) is 11.8. The van der Waals surface area contributed by atoms with Crippen molar-refractivity contribution < 1.29 is 0 Å². The lowest BCUT2D eigenvalue weighted by Crippen LogP contribution is -2.33. The molecule has 31 heavy (non-hydrogen) atoms. The third kappa shape index (κ3) is 5.33. The van der Waals surface area contributed by atoms with Crippen LogP contribution in [0, 0.1) is 11.3 Å². The molecule has 0 amide bonds. The van der Waals surface area contributed by atoms with E-state index in [1.54, 1.807) is 0 Å². The second-order valence-corrected chi connectivity index (χ2v) is 9.87. The van der Waals surface area contributed by atoms with Crippen molar-refractivity contribution in [3.63, 3.8) is 0 Å². The largest absolute Gasteiger partial charge is 0.302 e. The zero-order valence-corrected chi connectivity index (χ0v) is 19.2. The molecule has 1 unspecified atom stereocenters. The van der Waals surface area contributed by atoms with Crippen molar-refractivity contribution >= 4 is 23.4 Å². The van der Waals surface area contributed by atoms with Gasteiger partial charge in [0.15, 0.2) is 0 Å². The van der Waals surface area contributed by atoms with Gasteiger partial charge in [-0.1, -0.05) is 84.4 Å². The first-order valence-corrected chi connectivity index (χ1v) is 12.2. The first-order chi connectivity index (χ1) is 15.2. The zero-order chi connectivity index (χ0) is 21.5. The van der Waals surface area contributed by atoms with Gasteiger partial charge in [-0.3, -0.25) is 0 Å². The molecule has 1 fully saturated rings. The quantitative estimate of drug-likeness (QED) is 0.392. The van der Waals surface area contributed by atoms with Crippen molar-refractivity contribution in [3.05, 3.63) is 107 Å². The Balaban J connectivity index is 1.40. The number of hydrogen-bond donors (Lipinski definition) is 0. The van der Waals surface area contributed by atoms with Crippen molar-refractivity contribution in [1.82, 2.24) is 4.90 Å². The van der Waals surface area contributed by atoms with Crippen LogP contribution in [0.3, 0.4) is 0 Å². The van der Waals surface area contributed by atoms with Crippen molar-refractivity contribution in [1.29, 1.82) is 5.26 Å². The Hall–Kier alpha value is -2.25. The average molecular weight is 447 g/mol. The van der Waals surface area contributed by atoms with Crippen LogP contribution in [-0.4, -0.2) is 29.8 Å². The molecule has 1 heterocycles. The fourth-order valence-electron chi connectivity index (χ4n) is 4.34. The number of benzene rings is 3. The van der Waals surface area contributed by atoms with Crippen LogP contribution in [0.25, 0.3) is 0 Å². The van der Waals surface area contributed by atoms with Crippen LogP contribution in [0.4, 0.5) is 0 Å². The predicted molar refractivity (Wildman–Crippen MR) is 131 cm³/mol. The van der Waals surface area contributed by atoms with Crippen LogP contribution < -0.4 is 0 Å². The predicted octanol–water partition coefficient (Wildman–Crippen LogP) is 6.55.